The molecule has 2 aliphatic heterocycles. The van der Waals surface area contributed by atoms with Crippen LogP contribution in [0.2, 0.25) is 0 Å². The Bertz CT molecular complexity index is 325. The van der Waals surface area contributed by atoms with Gasteiger partial charge >= 0.3 is 6.03 Å². The third-order valence-corrected chi connectivity index (χ3v) is 4.28. The van der Waals surface area contributed by atoms with E-state index in [-0.39, 0.29) is 36.4 Å². The molecule has 4 unspecified atom stereocenters. The molecule has 0 aliphatic carbocycles. The topological polar surface area (TPSA) is 61.8 Å². The van der Waals surface area contributed by atoms with E-state index in [2.05, 4.69) is 19.2 Å². The van der Waals surface area contributed by atoms with Gasteiger partial charge in [0.25, 0.3) is 0 Å². The number of urea groups is 1. The molecule has 2 rings (SSSR count). The van der Waals surface area contributed by atoms with Crippen LogP contribution in [0.1, 0.15) is 52.9 Å². The fraction of sp³-hybridized carbons (Fsp3) is 0.933. The van der Waals surface area contributed by atoms with Crippen LogP contribution in [0.25, 0.3) is 0 Å². The zero-order chi connectivity index (χ0) is 14.7. The highest BCUT2D eigenvalue weighted by Gasteiger charge is 2.32. The van der Waals surface area contributed by atoms with Gasteiger partial charge in [-0.15, -0.1) is 0 Å². The maximum atomic E-state index is 12.4. The Morgan fingerprint density at radius 3 is 2.65 bits per heavy atom. The molecule has 2 N–H and O–H groups in total. The van der Waals surface area contributed by atoms with Crippen LogP contribution < -0.4 is 5.32 Å². The zero-order valence-electron chi connectivity index (χ0n) is 12.8. The summed E-state index contributed by atoms with van der Waals surface area (Å²) in [7, 11) is 0. The SMILES string of the molecule is CC(O)CC1CCCN1C(=O)NC1CC(C)OC(C)C1. The first kappa shape index (κ1) is 15.6. The van der Waals surface area contributed by atoms with E-state index in [1.165, 1.54) is 0 Å². The average molecular weight is 284 g/mol. The van der Waals surface area contributed by atoms with Crippen LogP contribution >= 0.6 is 0 Å². The molecular weight excluding hydrogens is 256 g/mol. The molecule has 2 heterocycles. The van der Waals surface area contributed by atoms with Gasteiger partial charge in [0.15, 0.2) is 0 Å². The Morgan fingerprint density at radius 2 is 2.05 bits per heavy atom. The van der Waals surface area contributed by atoms with Gasteiger partial charge in [-0.2, -0.15) is 0 Å². The number of nitrogens with zero attached hydrogens (tertiary/aromatic N) is 1. The van der Waals surface area contributed by atoms with E-state index < -0.39 is 0 Å². The smallest absolute Gasteiger partial charge is 0.317 e. The number of ether oxygens (including phenoxy) is 1. The number of rotatable bonds is 3. The van der Waals surface area contributed by atoms with Crippen LogP contribution in [0, 0.1) is 0 Å². The van der Waals surface area contributed by atoms with Gasteiger partial charge in [-0.1, -0.05) is 0 Å². The quantitative estimate of drug-likeness (QED) is 0.832. The highest BCUT2D eigenvalue weighted by molar-refractivity contribution is 5.75. The van der Waals surface area contributed by atoms with E-state index in [1.54, 1.807) is 6.92 Å². The van der Waals surface area contributed by atoms with E-state index in [4.69, 9.17) is 4.74 Å². The van der Waals surface area contributed by atoms with Gasteiger partial charge in [-0.3, -0.25) is 0 Å². The largest absolute Gasteiger partial charge is 0.393 e. The van der Waals surface area contributed by atoms with Crippen molar-refractivity contribution < 1.29 is 14.6 Å². The lowest BCUT2D eigenvalue weighted by atomic mass is 10.00. The highest BCUT2D eigenvalue weighted by Crippen LogP contribution is 2.23. The molecule has 116 valence electrons. The highest BCUT2D eigenvalue weighted by atomic mass is 16.5. The lowest BCUT2D eigenvalue weighted by Gasteiger charge is -2.34. The maximum Gasteiger partial charge on any atom is 0.317 e. The fourth-order valence-corrected chi connectivity index (χ4v) is 3.52. The molecule has 0 aromatic carbocycles. The van der Waals surface area contributed by atoms with Gasteiger partial charge in [0.1, 0.15) is 0 Å². The molecule has 20 heavy (non-hydrogen) atoms. The van der Waals surface area contributed by atoms with Crippen molar-refractivity contribution in [3.05, 3.63) is 0 Å². The third-order valence-electron chi connectivity index (χ3n) is 4.28. The average Bonchev–Trinajstić information content (AvgIpc) is 2.74. The first-order valence-corrected chi connectivity index (χ1v) is 7.86. The normalized spacial score (nSPS) is 35.9. The number of aliphatic hydroxyl groups excluding tert-OH is 1. The van der Waals surface area contributed by atoms with E-state index in [0.717, 1.165) is 32.2 Å². The lowest BCUT2D eigenvalue weighted by molar-refractivity contribution is -0.0408. The Morgan fingerprint density at radius 1 is 1.40 bits per heavy atom. The molecule has 5 heteroatoms. The summed E-state index contributed by atoms with van der Waals surface area (Å²) in [5.74, 6) is 0. The second kappa shape index (κ2) is 6.76. The summed E-state index contributed by atoms with van der Waals surface area (Å²) in [6.07, 6.45) is 4.53. The van der Waals surface area contributed by atoms with Crippen molar-refractivity contribution >= 4 is 6.03 Å². The van der Waals surface area contributed by atoms with Gasteiger partial charge in [0.05, 0.1) is 18.3 Å². The summed E-state index contributed by atoms with van der Waals surface area (Å²) in [5.41, 5.74) is 0. The van der Waals surface area contributed by atoms with Crippen LogP contribution in [0.15, 0.2) is 0 Å². The molecule has 4 atom stereocenters. The minimum atomic E-state index is -0.350. The molecule has 0 aromatic heterocycles. The number of hydrogen-bond acceptors (Lipinski definition) is 3. The second-order valence-corrected chi connectivity index (χ2v) is 6.45. The van der Waals surface area contributed by atoms with Crippen LogP contribution in [-0.2, 0) is 4.74 Å². The molecule has 0 radical (unpaired) electrons. The van der Waals surface area contributed by atoms with Gasteiger partial charge in [-0.05, 0) is 52.9 Å². The minimum absolute atomic E-state index is 0.0273. The van der Waals surface area contributed by atoms with Gasteiger partial charge < -0.3 is 20.1 Å². The lowest BCUT2D eigenvalue weighted by Crippen LogP contribution is -2.50. The van der Waals surface area contributed by atoms with E-state index >= 15 is 0 Å². The molecule has 2 fully saturated rings. The number of nitrogens with one attached hydrogen (secondary N) is 1. The number of aliphatic hydroxyl groups is 1. The van der Waals surface area contributed by atoms with Crippen LogP contribution in [0.3, 0.4) is 0 Å². The first-order chi connectivity index (χ1) is 9.45. The molecule has 2 amide bonds. The number of carbonyl (C=O) groups excluding carboxylic acids is 1. The standard InChI is InChI=1S/C15H28N2O3/c1-10(18)7-14-5-4-6-17(14)15(19)16-13-8-11(2)20-12(3)9-13/h10-14,18H,4-9H2,1-3H3,(H,16,19). The predicted octanol–water partition coefficient (Wildman–Crippen LogP) is 1.89. The van der Waals surface area contributed by atoms with Crippen LogP contribution in [0.5, 0.6) is 0 Å². The predicted molar refractivity (Wildman–Crippen MR) is 77.6 cm³/mol. The first-order valence-electron chi connectivity index (χ1n) is 7.86. The number of hydrogen-bond donors (Lipinski definition) is 2. The van der Waals surface area contributed by atoms with Crippen LogP contribution in [0.4, 0.5) is 4.79 Å². The minimum Gasteiger partial charge on any atom is -0.393 e. The van der Waals surface area contributed by atoms with Gasteiger partial charge in [0, 0.05) is 18.6 Å². The van der Waals surface area contributed by atoms with E-state index in [1.807, 2.05) is 4.90 Å². The van der Waals surface area contributed by atoms with Crippen molar-refractivity contribution in [2.24, 2.45) is 0 Å². The van der Waals surface area contributed by atoms with E-state index in [0.29, 0.717) is 6.42 Å². The van der Waals surface area contributed by atoms with Crippen molar-refractivity contribution in [3.8, 4) is 0 Å². The van der Waals surface area contributed by atoms with E-state index in [9.17, 15) is 9.90 Å². The Balaban J connectivity index is 1.87. The van der Waals surface area contributed by atoms with Crippen molar-refractivity contribution in [2.75, 3.05) is 6.54 Å². The molecule has 2 aliphatic rings. The molecule has 0 spiro atoms. The van der Waals surface area contributed by atoms with Crippen molar-refractivity contribution in [3.63, 3.8) is 0 Å². The van der Waals surface area contributed by atoms with Crippen LogP contribution in [-0.4, -0.2) is 53.0 Å². The Labute approximate surface area is 121 Å². The summed E-state index contributed by atoms with van der Waals surface area (Å²) in [6.45, 7) is 6.70. The summed E-state index contributed by atoms with van der Waals surface area (Å²) in [4.78, 5) is 14.3. The molecule has 2 saturated heterocycles. The molecule has 0 saturated carbocycles. The third kappa shape index (κ3) is 4.09. The van der Waals surface area contributed by atoms with Gasteiger partial charge in [0.2, 0.25) is 0 Å². The maximum absolute atomic E-state index is 12.4. The number of amides is 2. The molecule has 0 aromatic rings. The van der Waals surface area contributed by atoms with Crippen molar-refractivity contribution in [1.29, 1.82) is 0 Å². The monoisotopic (exact) mass is 284 g/mol. The van der Waals surface area contributed by atoms with Crippen molar-refractivity contribution in [2.45, 2.75) is 83.3 Å². The summed E-state index contributed by atoms with van der Waals surface area (Å²) in [6, 6.07) is 0.415. The summed E-state index contributed by atoms with van der Waals surface area (Å²) < 4.78 is 5.70. The summed E-state index contributed by atoms with van der Waals surface area (Å²) >= 11 is 0. The Kier molecular flexibility index (Phi) is 5.27. The Hall–Kier alpha value is -0.810. The van der Waals surface area contributed by atoms with Gasteiger partial charge in [-0.25, -0.2) is 4.79 Å². The molecule has 5 nitrogen and oxygen atoms in total. The molecule has 0 bridgehead atoms. The fourth-order valence-electron chi connectivity index (χ4n) is 3.52. The summed E-state index contributed by atoms with van der Waals surface area (Å²) in [5, 5.41) is 12.7. The molecular formula is C15H28N2O3. The second-order valence-electron chi connectivity index (χ2n) is 6.45. The number of likely N-dealkylation sites (tertiary alicyclic amines) is 1. The number of carbonyl (C=O) groups is 1. The zero-order valence-corrected chi connectivity index (χ0v) is 12.8. The van der Waals surface area contributed by atoms with Crippen molar-refractivity contribution in [1.82, 2.24) is 10.2 Å².